The summed E-state index contributed by atoms with van der Waals surface area (Å²) in [4.78, 5) is 33.0. The number of rotatable bonds is 5. The zero-order valence-corrected chi connectivity index (χ0v) is 18.2. The van der Waals surface area contributed by atoms with Crippen LogP contribution in [-0.4, -0.2) is 52.8 Å². The first-order valence-corrected chi connectivity index (χ1v) is 10.4. The second-order valence-corrected chi connectivity index (χ2v) is 7.91. The van der Waals surface area contributed by atoms with Crippen molar-refractivity contribution in [3.63, 3.8) is 0 Å². The standard InChI is InChI=1S/C22H26N4O5/c1-13(2)19-23-22(24-31-19)26-12-16(20(27)25-8-6-5-7-9-25)14-10-17(29-3)18(30-4)11-15(14)21(26)28/h10-13H,5-9H2,1-4H3. The van der Waals surface area contributed by atoms with Gasteiger partial charge in [-0.3, -0.25) is 9.59 Å². The summed E-state index contributed by atoms with van der Waals surface area (Å²) in [7, 11) is 3.02. The molecule has 1 amide bonds. The molecule has 0 spiro atoms. The third kappa shape index (κ3) is 3.75. The molecule has 0 atom stereocenters. The van der Waals surface area contributed by atoms with Crippen molar-refractivity contribution in [1.29, 1.82) is 0 Å². The number of aromatic nitrogens is 3. The van der Waals surface area contributed by atoms with Crippen molar-refractivity contribution in [2.24, 2.45) is 0 Å². The van der Waals surface area contributed by atoms with Gasteiger partial charge in [0.25, 0.3) is 17.4 Å². The van der Waals surface area contributed by atoms with Gasteiger partial charge >= 0.3 is 0 Å². The normalized spacial score (nSPS) is 14.3. The molecule has 3 heterocycles. The van der Waals surface area contributed by atoms with Crippen LogP contribution in [0.2, 0.25) is 0 Å². The maximum atomic E-state index is 13.5. The second-order valence-electron chi connectivity index (χ2n) is 7.91. The van der Waals surface area contributed by atoms with E-state index in [4.69, 9.17) is 14.0 Å². The minimum absolute atomic E-state index is 0.0104. The topological polar surface area (TPSA) is 99.7 Å². The van der Waals surface area contributed by atoms with Crippen LogP contribution in [0.4, 0.5) is 0 Å². The molecule has 0 unspecified atom stereocenters. The number of likely N-dealkylation sites (tertiary alicyclic amines) is 1. The number of carbonyl (C=O) groups excluding carboxylic acids is 1. The summed E-state index contributed by atoms with van der Waals surface area (Å²) in [5.74, 6) is 1.23. The molecule has 1 saturated heterocycles. The maximum absolute atomic E-state index is 13.5. The number of hydrogen-bond acceptors (Lipinski definition) is 7. The van der Waals surface area contributed by atoms with Crippen molar-refractivity contribution in [2.75, 3.05) is 27.3 Å². The summed E-state index contributed by atoms with van der Waals surface area (Å²) in [5, 5.41) is 4.78. The van der Waals surface area contributed by atoms with Crippen LogP contribution < -0.4 is 15.0 Å². The molecule has 4 rings (SSSR count). The summed E-state index contributed by atoms with van der Waals surface area (Å²) in [6.45, 7) is 5.21. The molecule has 9 heteroatoms. The van der Waals surface area contributed by atoms with Crippen LogP contribution in [0.1, 0.15) is 55.3 Å². The lowest BCUT2D eigenvalue weighted by molar-refractivity contribution is 0.0725. The smallest absolute Gasteiger partial charge is 0.277 e. The van der Waals surface area contributed by atoms with E-state index in [1.165, 1.54) is 25.0 Å². The molecule has 0 saturated carbocycles. The van der Waals surface area contributed by atoms with Gasteiger partial charge in [-0.1, -0.05) is 13.8 Å². The van der Waals surface area contributed by atoms with Crippen LogP contribution in [0, 0.1) is 0 Å². The Bertz CT molecular complexity index is 1170. The Balaban J connectivity index is 1.97. The van der Waals surface area contributed by atoms with E-state index in [0.29, 0.717) is 46.8 Å². The van der Waals surface area contributed by atoms with Crippen molar-refractivity contribution < 1.29 is 18.8 Å². The van der Waals surface area contributed by atoms with Crippen molar-refractivity contribution in [3.8, 4) is 17.4 Å². The van der Waals surface area contributed by atoms with E-state index in [9.17, 15) is 9.59 Å². The first-order valence-electron chi connectivity index (χ1n) is 10.4. The number of nitrogens with zero attached hydrogens (tertiary/aromatic N) is 4. The van der Waals surface area contributed by atoms with E-state index in [1.807, 2.05) is 18.7 Å². The van der Waals surface area contributed by atoms with Crippen LogP contribution in [-0.2, 0) is 0 Å². The van der Waals surface area contributed by atoms with E-state index in [-0.39, 0.29) is 23.3 Å². The molecule has 0 aliphatic carbocycles. The minimum Gasteiger partial charge on any atom is -0.493 e. The molecular weight excluding hydrogens is 400 g/mol. The van der Waals surface area contributed by atoms with Crippen LogP contribution in [0.25, 0.3) is 16.7 Å². The first-order chi connectivity index (χ1) is 14.9. The number of carbonyl (C=O) groups is 1. The predicted molar refractivity (Wildman–Crippen MR) is 114 cm³/mol. The van der Waals surface area contributed by atoms with Crippen LogP contribution in [0.15, 0.2) is 27.6 Å². The Morgan fingerprint density at radius 1 is 1.06 bits per heavy atom. The van der Waals surface area contributed by atoms with Gasteiger partial charge in [0.2, 0.25) is 5.89 Å². The van der Waals surface area contributed by atoms with E-state index >= 15 is 0 Å². The molecule has 3 aromatic rings. The molecule has 0 bridgehead atoms. The Kier molecular flexibility index (Phi) is 5.67. The largest absolute Gasteiger partial charge is 0.493 e. The van der Waals surface area contributed by atoms with Crippen molar-refractivity contribution in [3.05, 3.63) is 40.1 Å². The van der Waals surface area contributed by atoms with Crippen molar-refractivity contribution >= 4 is 16.7 Å². The zero-order valence-electron chi connectivity index (χ0n) is 18.2. The number of benzene rings is 1. The highest BCUT2D eigenvalue weighted by Gasteiger charge is 2.25. The minimum atomic E-state index is -0.373. The molecule has 1 aliphatic rings. The highest BCUT2D eigenvalue weighted by molar-refractivity contribution is 6.07. The Morgan fingerprint density at radius 2 is 1.71 bits per heavy atom. The lowest BCUT2D eigenvalue weighted by Crippen LogP contribution is -2.36. The molecular formula is C22H26N4O5. The van der Waals surface area contributed by atoms with Gasteiger partial charge in [0.05, 0.1) is 25.2 Å². The third-order valence-electron chi connectivity index (χ3n) is 5.54. The van der Waals surface area contributed by atoms with Crippen LogP contribution in [0.5, 0.6) is 11.5 Å². The summed E-state index contributed by atoms with van der Waals surface area (Å²) >= 11 is 0. The first kappa shape index (κ1) is 20.9. The van der Waals surface area contributed by atoms with Gasteiger partial charge in [-0.15, -0.1) is 0 Å². The third-order valence-corrected chi connectivity index (χ3v) is 5.54. The van der Waals surface area contributed by atoms with E-state index in [2.05, 4.69) is 10.1 Å². The lowest BCUT2D eigenvalue weighted by Gasteiger charge is -2.27. The van der Waals surface area contributed by atoms with Gasteiger partial charge in [-0.2, -0.15) is 4.98 Å². The van der Waals surface area contributed by atoms with E-state index in [0.717, 1.165) is 19.3 Å². The Morgan fingerprint density at radius 3 is 2.29 bits per heavy atom. The van der Waals surface area contributed by atoms with Gasteiger partial charge in [-0.25, -0.2) is 4.57 Å². The molecule has 9 nitrogen and oxygen atoms in total. The number of fused-ring (bicyclic) bond motifs is 1. The SMILES string of the molecule is COc1cc2c(C(=O)N3CCCCC3)cn(-c3noc(C(C)C)n3)c(=O)c2cc1OC. The number of pyridine rings is 1. The van der Waals surface area contributed by atoms with Crippen LogP contribution >= 0.6 is 0 Å². The molecule has 1 aromatic carbocycles. The fraction of sp³-hybridized carbons (Fsp3) is 0.455. The van der Waals surface area contributed by atoms with E-state index < -0.39 is 0 Å². The molecule has 2 aromatic heterocycles. The Hall–Kier alpha value is -3.36. The molecule has 31 heavy (non-hydrogen) atoms. The molecule has 1 fully saturated rings. The fourth-order valence-corrected chi connectivity index (χ4v) is 3.81. The monoisotopic (exact) mass is 426 g/mol. The predicted octanol–water partition coefficient (Wildman–Crippen LogP) is 3.14. The summed E-state index contributed by atoms with van der Waals surface area (Å²) in [5.41, 5.74) is 0.00982. The summed E-state index contributed by atoms with van der Waals surface area (Å²) < 4.78 is 17.3. The number of amides is 1. The van der Waals surface area contributed by atoms with Gasteiger partial charge in [-0.05, 0) is 36.6 Å². The Labute approximate surface area is 179 Å². The number of piperidine rings is 1. The molecule has 164 valence electrons. The highest BCUT2D eigenvalue weighted by Crippen LogP contribution is 2.33. The van der Waals surface area contributed by atoms with Crippen LogP contribution in [0.3, 0.4) is 0 Å². The van der Waals surface area contributed by atoms with Crippen molar-refractivity contribution in [2.45, 2.75) is 39.0 Å². The van der Waals surface area contributed by atoms with Gasteiger partial charge in [0, 0.05) is 30.6 Å². The molecule has 1 aliphatic heterocycles. The number of hydrogen-bond donors (Lipinski definition) is 0. The quantitative estimate of drug-likeness (QED) is 0.618. The maximum Gasteiger partial charge on any atom is 0.277 e. The van der Waals surface area contributed by atoms with E-state index in [1.54, 1.807) is 12.1 Å². The molecule has 0 radical (unpaired) electrons. The van der Waals surface area contributed by atoms with Gasteiger partial charge in [0.15, 0.2) is 11.5 Å². The van der Waals surface area contributed by atoms with Gasteiger partial charge < -0.3 is 18.9 Å². The fourth-order valence-electron chi connectivity index (χ4n) is 3.81. The average molecular weight is 426 g/mol. The number of ether oxygens (including phenoxy) is 2. The number of methoxy groups -OCH3 is 2. The average Bonchev–Trinajstić information content (AvgIpc) is 3.29. The second kappa shape index (κ2) is 8.41. The highest BCUT2D eigenvalue weighted by atomic mass is 16.5. The zero-order chi connectivity index (χ0) is 22.1. The van der Waals surface area contributed by atoms with Crippen molar-refractivity contribution in [1.82, 2.24) is 19.6 Å². The summed E-state index contributed by atoms with van der Waals surface area (Å²) in [6.07, 6.45) is 4.53. The lowest BCUT2D eigenvalue weighted by atomic mass is 10.0. The van der Waals surface area contributed by atoms with Gasteiger partial charge in [0.1, 0.15) is 0 Å². The summed E-state index contributed by atoms with van der Waals surface area (Å²) in [6, 6.07) is 3.26. The molecule has 0 N–H and O–H groups in total.